The van der Waals surface area contributed by atoms with Crippen molar-refractivity contribution in [2.75, 3.05) is 32.1 Å². The zero-order valence-electron chi connectivity index (χ0n) is 15.4. The van der Waals surface area contributed by atoms with E-state index in [-0.39, 0.29) is 11.7 Å². The summed E-state index contributed by atoms with van der Waals surface area (Å²) in [6.07, 6.45) is 2.45. The Hall–Kier alpha value is -2.90. The number of methoxy groups -OCH3 is 1. The Labute approximate surface area is 157 Å². The molecule has 1 aliphatic heterocycles. The van der Waals surface area contributed by atoms with Crippen molar-refractivity contribution in [2.45, 2.75) is 19.0 Å². The van der Waals surface area contributed by atoms with Gasteiger partial charge in [0.25, 0.3) is 0 Å². The summed E-state index contributed by atoms with van der Waals surface area (Å²) >= 11 is 0. The van der Waals surface area contributed by atoms with Crippen LogP contribution in [0.4, 0.5) is 14.5 Å². The highest BCUT2D eigenvalue weighted by Crippen LogP contribution is 2.26. The average Bonchev–Trinajstić information content (AvgIpc) is 3.13. The van der Waals surface area contributed by atoms with E-state index in [4.69, 9.17) is 4.74 Å². The van der Waals surface area contributed by atoms with Gasteiger partial charge >= 0.3 is 0 Å². The Bertz CT molecular complexity index is 794. The molecule has 1 aromatic carbocycles. The highest BCUT2D eigenvalue weighted by atomic mass is 19.1. The first-order valence-corrected chi connectivity index (χ1v) is 8.75. The third-order valence-electron chi connectivity index (χ3n) is 4.47. The molecule has 0 amide bonds. The zero-order chi connectivity index (χ0) is 19.2. The average molecular weight is 375 g/mol. The zero-order valence-corrected chi connectivity index (χ0v) is 15.4. The smallest absolute Gasteiger partial charge is 0.213 e. The number of rotatable bonds is 5. The summed E-state index contributed by atoms with van der Waals surface area (Å²) in [7, 11) is 3.26. The van der Waals surface area contributed by atoms with Crippen LogP contribution in [0.25, 0.3) is 0 Å². The van der Waals surface area contributed by atoms with E-state index in [1.165, 1.54) is 18.2 Å². The second kappa shape index (κ2) is 8.66. The molecular formula is C19H23F2N5O. The van der Waals surface area contributed by atoms with Gasteiger partial charge in [-0.1, -0.05) is 6.07 Å². The van der Waals surface area contributed by atoms with Crippen LogP contribution in [0.1, 0.15) is 12.0 Å². The SMILES string of the molecule is CN=C(NCc1ccnc(OC)c1)NC1CCN(c2c(F)cccc2F)C1. The van der Waals surface area contributed by atoms with Gasteiger partial charge in [-0.25, -0.2) is 13.8 Å². The Morgan fingerprint density at radius 3 is 2.81 bits per heavy atom. The van der Waals surface area contributed by atoms with E-state index >= 15 is 0 Å². The van der Waals surface area contributed by atoms with E-state index in [0.717, 1.165) is 12.0 Å². The van der Waals surface area contributed by atoms with Crippen LogP contribution in [0, 0.1) is 11.6 Å². The quantitative estimate of drug-likeness (QED) is 0.620. The van der Waals surface area contributed by atoms with Crippen molar-refractivity contribution in [3.8, 4) is 5.88 Å². The maximum atomic E-state index is 14.0. The van der Waals surface area contributed by atoms with Gasteiger partial charge in [-0.05, 0) is 30.2 Å². The third kappa shape index (κ3) is 4.64. The number of anilines is 1. The standard InChI is InChI=1S/C19H23F2N5O/c1-22-19(24-11-13-6-8-23-17(10-13)27-2)25-14-7-9-26(12-14)18-15(20)4-3-5-16(18)21/h3-6,8,10,14H,7,9,11-12H2,1-2H3,(H2,22,24,25). The van der Waals surface area contributed by atoms with Crippen LogP contribution in [-0.4, -0.2) is 44.2 Å². The normalized spacial score (nSPS) is 17.1. The van der Waals surface area contributed by atoms with Crippen LogP contribution in [0.5, 0.6) is 5.88 Å². The van der Waals surface area contributed by atoms with Crippen LogP contribution in [0.15, 0.2) is 41.5 Å². The molecule has 1 aromatic heterocycles. The van der Waals surface area contributed by atoms with Gasteiger partial charge in [-0.15, -0.1) is 0 Å². The minimum atomic E-state index is -0.537. The first-order chi connectivity index (χ1) is 13.1. The maximum absolute atomic E-state index is 14.0. The number of hydrogen-bond donors (Lipinski definition) is 2. The van der Waals surface area contributed by atoms with Crippen molar-refractivity contribution in [3.63, 3.8) is 0 Å². The molecule has 2 heterocycles. The van der Waals surface area contributed by atoms with Gasteiger partial charge in [0.1, 0.15) is 17.3 Å². The topological polar surface area (TPSA) is 61.8 Å². The lowest BCUT2D eigenvalue weighted by molar-refractivity contribution is 0.397. The molecule has 1 unspecified atom stereocenters. The highest BCUT2D eigenvalue weighted by Gasteiger charge is 2.27. The fourth-order valence-electron chi connectivity index (χ4n) is 3.12. The van der Waals surface area contributed by atoms with Crippen molar-refractivity contribution in [3.05, 3.63) is 53.7 Å². The fraction of sp³-hybridized carbons (Fsp3) is 0.368. The van der Waals surface area contributed by atoms with Crippen molar-refractivity contribution in [1.82, 2.24) is 15.6 Å². The summed E-state index contributed by atoms with van der Waals surface area (Å²) in [5, 5.41) is 6.54. The molecule has 27 heavy (non-hydrogen) atoms. The van der Waals surface area contributed by atoms with Gasteiger partial charge < -0.3 is 20.3 Å². The van der Waals surface area contributed by atoms with Gasteiger partial charge in [0.15, 0.2) is 5.96 Å². The van der Waals surface area contributed by atoms with Crippen LogP contribution >= 0.6 is 0 Å². The van der Waals surface area contributed by atoms with E-state index < -0.39 is 11.6 Å². The van der Waals surface area contributed by atoms with Crippen LogP contribution in [0.2, 0.25) is 0 Å². The Morgan fingerprint density at radius 1 is 1.33 bits per heavy atom. The molecule has 0 radical (unpaired) electrons. The predicted molar refractivity (Wildman–Crippen MR) is 101 cm³/mol. The molecule has 0 saturated carbocycles. The highest BCUT2D eigenvalue weighted by molar-refractivity contribution is 5.80. The Balaban J connectivity index is 1.56. The lowest BCUT2D eigenvalue weighted by Gasteiger charge is -2.21. The first-order valence-electron chi connectivity index (χ1n) is 8.75. The van der Waals surface area contributed by atoms with Crippen molar-refractivity contribution < 1.29 is 13.5 Å². The number of ether oxygens (including phenoxy) is 1. The Kier molecular flexibility index (Phi) is 6.05. The van der Waals surface area contributed by atoms with Gasteiger partial charge in [-0.3, -0.25) is 4.99 Å². The molecule has 2 aromatic rings. The molecule has 1 fully saturated rings. The number of para-hydroxylation sites is 1. The second-order valence-electron chi connectivity index (χ2n) is 6.28. The number of hydrogen-bond acceptors (Lipinski definition) is 4. The van der Waals surface area contributed by atoms with E-state index in [1.807, 2.05) is 12.1 Å². The fourth-order valence-corrected chi connectivity index (χ4v) is 3.12. The number of aromatic nitrogens is 1. The Morgan fingerprint density at radius 2 is 2.11 bits per heavy atom. The molecule has 0 spiro atoms. The molecule has 2 N–H and O–H groups in total. The monoisotopic (exact) mass is 375 g/mol. The lowest BCUT2D eigenvalue weighted by Crippen LogP contribution is -2.44. The number of benzene rings is 1. The number of nitrogens with zero attached hydrogens (tertiary/aromatic N) is 3. The summed E-state index contributed by atoms with van der Waals surface area (Å²) in [5.74, 6) is 0.108. The number of guanidine groups is 1. The van der Waals surface area contributed by atoms with Crippen molar-refractivity contribution in [1.29, 1.82) is 0 Å². The summed E-state index contributed by atoms with van der Waals surface area (Å²) in [5.41, 5.74) is 1.04. The van der Waals surface area contributed by atoms with E-state index in [0.29, 0.717) is 31.5 Å². The summed E-state index contributed by atoms with van der Waals surface area (Å²) in [4.78, 5) is 10.0. The molecule has 1 aliphatic rings. The minimum absolute atomic E-state index is 0.0358. The number of pyridine rings is 1. The maximum Gasteiger partial charge on any atom is 0.213 e. The summed E-state index contributed by atoms with van der Waals surface area (Å²) in [6.45, 7) is 1.63. The van der Waals surface area contributed by atoms with Gasteiger partial charge in [0.2, 0.25) is 5.88 Å². The van der Waals surface area contributed by atoms with Crippen molar-refractivity contribution in [2.24, 2.45) is 4.99 Å². The largest absolute Gasteiger partial charge is 0.481 e. The number of halogens is 2. The molecule has 8 heteroatoms. The van der Waals surface area contributed by atoms with E-state index in [9.17, 15) is 8.78 Å². The summed E-state index contributed by atoms with van der Waals surface area (Å²) < 4.78 is 33.1. The molecule has 3 rings (SSSR count). The molecule has 1 saturated heterocycles. The molecule has 1 atom stereocenters. The predicted octanol–water partition coefficient (Wildman–Crippen LogP) is 2.31. The van der Waals surface area contributed by atoms with Gasteiger partial charge in [-0.2, -0.15) is 0 Å². The second-order valence-corrected chi connectivity index (χ2v) is 6.28. The lowest BCUT2D eigenvalue weighted by atomic mass is 10.2. The van der Waals surface area contributed by atoms with Crippen LogP contribution in [0.3, 0.4) is 0 Å². The first kappa shape index (κ1) is 18.9. The van der Waals surface area contributed by atoms with Gasteiger partial charge in [0, 0.05) is 45.0 Å². The number of nitrogens with one attached hydrogen (secondary N) is 2. The van der Waals surface area contributed by atoms with Crippen LogP contribution in [-0.2, 0) is 6.54 Å². The van der Waals surface area contributed by atoms with Crippen molar-refractivity contribution >= 4 is 11.6 Å². The van der Waals surface area contributed by atoms with Crippen LogP contribution < -0.4 is 20.3 Å². The van der Waals surface area contributed by atoms with E-state index in [1.54, 1.807) is 25.3 Å². The van der Waals surface area contributed by atoms with E-state index in [2.05, 4.69) is 20.6 Å². The molecule has 6 nitrogen and oxygen atoms in total. The summed E-state index contributed by atoms with van der Waals surface area (Å²) in [6, 6.07) is 7.72. The molecule has 144 valence electrons. The van der Waals surface area contributed by atoms with Gasteiger partial charge in [0.05, 0.1) is 7.11 Å². The molecule has 0 bridgehead atoms. The molecular weight excluding hydrogens is 352 g/mol. The minimum Gasteiger partial charge on any atom is -0.481 e. The third-order valence-corrected chi connectivity index (χ3v) is 4.47. The molecule has 0 aliphatic carbocycles. The number of aliphatic imine (C=N–C) groups is 1.